The van der Waals surface area contributed by atoms with Crippen LogP contribution >= 0.6 is 11.3 Å². The van der Waals surface area contributed by atoms with Crippen molar-refractivity contribution in [2.45, 2.75) is 52.1 Å². The normalized spacial score (nSPS) is 17.0. The molecule has 0 spiro atoms. The van der Waals surface area contributed by atoms with E-state index in [2.05, 4.69) is 27.6 Å². The summed E-state index contributed by atoms with van der Waals surface area (Å²) in [5, 5.41) is 6.77. The number of hydrogen-bond acceptors (Lipinski definition) is 6. The first kappa shape index (κ1) is 22.2. The highest BCUT2D eigenvalue weighted by Gasteiger charge is 2.39. The third kappa shape index (κ3) is 4.60. The second kappa shape index (κ2) is 9.65. The van der Waals surface area contributed by atoms with Gasteiger partial charge in [0, 0.05) is 19.2 Å². The van der Waals surface area contributed by atoms with Crippen LogP contribution in [-0.2, 0) is 16.1 Å². The van der Waals surface area contributed by atoms with Gasteiger partial charge < -0.3 is 14.7 Å². The lowest BCUT2D eigenvalue weighted by Crippen LogP contribution is -2.47. The molecule has 2 amide bonds. The van der Waals surface area contributed by atoms with Gasteiger partial charge in [-0.25, -0.2) is 4.98 Å². The lowest BCUT2D eigenvalue weighted by Gasteiger charge is -2.28. The minimum atomic E-state index is -0.453. The van der Waals surface area contributed by atoms with Crippen LogP contribution < -0.4 is 5.32 Å². The van der Waals surface area contributed by atoms with Gasteiger partial charge in [0.25, 0.3) is 0 Å². The lowest BCUT2D eigenvalue weighted by atomic mass is 9.91. The highest BCUT2D eigenvalue weighted by molar-refractivity contribution is 7.13. The van der Waals surface area contributed by atoms with Gasteiger partial charge in [-0.05, 0) is 36.8 Å². The number of nitrogens with zero attached hydrogens (tertiary/aromatic N) is 3. The van der Waals surface area contributed by atoms with Gasteiger partial charge in [0.05, 0.1) is 22.3 Å². The third-order valence-electron chi connectivity index (χ3n) is 5.96. The molecule has 4 rings (SSSR count). The fraction of sp³-hybridized carbons (Fsp3) is 0.417. The Balaban J connectivity index is 1.39. The Morgan fingerprint density at radius 3 is 2.66 bits per heavy atom. The Morgan fingerprint density at radius 1 is 1.25 bits per heavy atom. The molecule has 8 heteroatoms. The fourth-order valence-corrected chi connectivity index (χ4v) is 5.07. The number of likely N-dealkylation sites (tertiary alicyclic amines) is 1. The van der Waals surface area contributed by atoms with Gasteiger partial charge in [-0.1, -0.05) is 43.3 Å². The summed E-state index contributed by atoms with van der Waals surface area (Å²) in [6, 6.07) is 9.42. The monoisotopic (exact) mass is 452 g/mol. The largest absolute Gasteiger partial charge is 0.361 e. The van der Waals surface area contributed by atoms with E-state index in [1.807, 2.05) is 38.4 Å². The lowest BCUT2D eigenvalue weighted by molar-refractivity contribution is -0.140. The first-order valence-corrected chi connectivity index (χ1v) is 11.8. The van der Waals surface area contributed by atoms with Crippen LogP contribution in [0.1, 0.15) is 49.6 Å². The van der Waals surface area contributed by atoms with Crippen LogP contribution in [0.4, 0.5) is 0 Å². The van der Waals surface area contributed by atoms with Gasteiger partial charge in [0.2, 0.25) is 11.8 Å². The molecule has 0 aliphatic carbocycles. The molecule has 0 bridgehead atoms. The van der Waals surface area contributed by atoms with E-state index in [9.17, 15) is 9.59 Å². The molecule has 0 radical (unpaired) electrons. The van der Waals surface area contributed by atoms with Gasteiger partial charge in [0.1, 0.15) is 17.7 Å². The molecule has 2 aromatic heterocycles. The number of amides is 2. The van der Waals surface area contributed by atoms with E-state index >= 15 is 0 Å². The average Bonchev–Trinajstić information content (AvgIpc) is 3.54. The molecule has 2 unspecified atom stereocenters. The summed E-state index contributed by atoms with van der Waals surface area (Å²) < 4.78 is 5.28. The maximum Gasteiger partial charge on any atom is 0.243 e. The topological polar surface area (TPSA) is 88.3 Å². The summed E-state index contributed by atoms with van der Waals surface area (Å²) in [7, 11) is 0. The van der Waals surface area contributed by atoms with Gasteiger partial charge in [-0.15, -0.1) is 11.3 Å². The number of hydrogen-bond donors (Lipinski definition) is 1. The smallest absolute Gasteiger partial charge is 0.243 e. The number of aryl methyl sites for hydroxylation is 1. The number of nitrogens with one attached hydrogen (secondary N) is 1. The first-order chi connectivity index (χ1) is 15.5. The Labute approximate surface area is 191 Å². The molecule has 168 valence electrons. The third-order valence-corrected chi connectivity index (χ3v) is 6.94. The van der Waals surface area contributed by atoms with Crippen molar-refractivity contribution in [1.82, 2.24) is 20.4 Å². The second-order valence-electron chi connectivity index (χ2n) is 8.51. The number of rotatable bonds is 7. The van der Waals surface area contributed by atoms with E-state index in [0.717, 1.165) is 28.1 Å². The Kier molecular flexibility index (Phi) is 6.69. The molecular weight excluding hydrogens is 424 g/mol. The minimum Gasteiger partial charge on any atom is -0.361 e. The van der Waals surface area contributed by atoms with Crippen molar-refractivity contribution >= 4 is 23.2 Å². The molecule has 3 aromatic rings. The Bertz CT molecular complexity index is 1060. The molecule has 1 N–H and O–H groups in total. The fourth-order valence-electron chi connectivity index (χ4n) is 4.26. The van der Waals surface area contributed by atoms with Crippen molar-refractivity contribution in [2.24, 2.45) is 5.92 Å². The zero-order chi connectivity index (χ0) is 22.7. The molecule has 1 fully saturated rings. The van der Waals surface area contributed by atoms with Gasteiger partial charge in [-0.3, -0.25) is 9.59 Å². The van der Waals surface area contributed by atoms with Crippen molar-refractivity contribution in [3.05, 3.63) is 59.1 Å². The molecule has 1 aliphatic heterocycles. The summed E-state index contributed by atoms with van der Waals surface area (Å²) in [5.74, 6) is -0.0293. The van der Waals surface area contributed by atoms with Crippen LogP contribution in [0.2, 0.25) is 0 Å². The van der Waals surface area contributed by atoms with Crippen molar-refractivity contribution in [2.75, 3.05) is 6.54 Å². The number of thiazole rings is 1. The van der Waals surface area contributed by atoms with Crippen LogP contribution in [0, 0.1) is 12.8 Å². The molecule has 1 saturated heterocycles. The summed E-state index contributed by atoms with van der Waals surface area (Å²) in [6.45, 7) is 6.97. The number of carbonyl (C=O) groups is 2. The van der Waals surface area contributed by atoms with Gasteiger partial charge in [-0.2, -0.15) is 0 Å². The van der Waals surface area contributed by atoms with Gasteiger partial charge >= 0.3 is 0 Å². The standard InChI is InChI=1S/C24H28N4O3S/c1-15(2)21(20-10-11-27-31-20)24(30)28-12-4-5-19(28)23(29)25-13-17-6-8-18(9-7-17)22-16(3)26-14-32-22/h6-11,14-15,19,21H,4-5,12-13H2,1-3H3,(H,25,29). The molecule has 1 aromatic carbocycles. The Hall–Kier alpha value is -3.00. The molecule has 0 saturated carbocycles. The molecule has 3 heterocycles. The Morgan fingerprint density at radius 2 is 2.03 bits per heavy atom. The minimum absolute atomic E-state index is 0.0421. The highest BCUT2D eigenvalue weighted by atomic mass is 32.1. The zero-order valence-electron chi connectivity index (χ0n) is 18.6. The van der Waals surface area contributed by atoms with Crippen molar-refractivity contribution in [3.63, 3.8) is 0 Å². The van der Waals surface area contributed by atoms with E-state index in [1.165, 1.54) is 0 Å². The number of carbonyl (C=O) groups excluding carboxylic acids is 2. The second-order valence-corrected chi connectivity index (χ2v) is 9.36. The van der Waals surface area contributed by atoms with Gasteiger partial charge in [0.15, 0.2) is 0 Å². The van der Waals surface area contributed by atoms with E-state index in [-0.39, 0.29) is 17.7 Å². The molecule has 1 aliphatic rings. The summed E-state index contributed by atoms with van der Waals surface area (Å²) >= 11 is 1.62. The first-order valence-electron chi connectivity index (χ1n) is 10.9. The zero-order valence-corrected chi connectivity index (χ0v) is 19.4. The van der Waals surface area contributed by atoms with Crippen LogP contribution in [0.5, 0.6) is 0 Å². The highest BCUT2D eigenvalue weighted by Crippen LogP contribution is 2.30. The van der Waals surface area contributed by atoms with E-state index in [4.69, 9.17) is 4.52 Å². The predicted molar refractivity (Wildman–Crippen MR) is 123 cm³/mol. The predicted octanol–water partition coefficient (Wildman–Crippen LogP) is 4.15. The number of aromatic nitrogens is 2. The maximum atomic E-state index is 13.3. The SMILES string of the molecule is Cc1ncsc1-c1ccc(CNC(=O)C2CCCN2C(=O)C(c2ccno2)C(C)C)cc1. The summed E-state index contributed by atoms with van der Waals surface area (Å²) in [6.07, 6.45) is 3.03. The van der Waals surface area contributed by atoms with E-state index in [0.29, 0.717) is 25.3 Å². The van der Waals surface area contributed by atoms with E-state index < -0.39 is 12.0 Å². The summed E-state index contributed by atoms with van der Waals surface area (Å²) in [4.78, 5) is 33.4. The maximum absolute atomic E-state index is 13.3. The average molecular weight is 453 g/mol. The van der Waals surface area contributed by atoms with Crippen LogP contribution in [0.3, 0.4) is 0 Å². The summed E-state index contributed by atoms with van der Waals surface area (Å²) in [5.41, 5.74) is 5.01. The van der Waals surface area contributed by atoms with Crippen LogP contribution in [-0.4, -0.2) is 39.4 Å². The van der Waals surface area contributed by atoms with Crippen molar-refractivity contribution < 1.29 is 14.1 Å². The molecule has 2 atom stereocenters. The van der Waals surface area contributed by atoms with E-state index in [1.54, 1.807) is 28.5 Å². The van der Waals surface area contributed by atoms with Crippen LogP contribution in [0.25, 0.3) is 10.4 Å². The molecule has 32 heavy (non-hydrogen) atoms. The molecular formula is C24H28N4O3S. The quantitative estimate of drug-likeness (QED) is 0.582. The van der Waals surface area contributed by atoms with Crippen molar-refractivity contribution in [1.29, 1.82) is 0 Å². The number of benzene rings is 1. The molecule has 7 nitrogen and oxygen atoms in total. The van der Waals surface area contributed by atoms with Crippen LogP contribution in [0.15, 0.2) is 46.6 Å². The van der Waals surface area contributed by atoms with Crippen molar-refractivity contribution in [3.8, 4) is 10.4 Å².